The molecule has 3 aromatic carbocycles. The van der Waals surface area contributed by atoms with E-state index in [4.69, 9.17) is 18.9 Å². The van der Waals surface area contributed by atoms with Crippen LogP contribution in [0.25, 0.3) is 23.1 Å². The summed E-state index contributed by atoms with van der Waals surface area (Å²) in [4.78, 5) is 19.6. The van der Waals surface area contributed by atoms with Gasteiger partial charge in [-0.15, -0.1) is 0 Å². The molecule has 1 unspecified atom stereocenters. The Hall–Kier alpha value is -4.83. The van der Waals surface area contributed by atoms with Crippen molar-refractivity contribution in [3.63, 3.8) is 0 Å². The molecule has 7 rings (SSSR count). The summed E-state index contributed by atoms with van der Waals surface area (Å²) in [6.07, 6.45) is -1.49. The van der Waals surface area contributed by atoms with Crippen LogP contribution in [-0.4, -0.2) is 18.8 Å². The maximum atomic E-state index is 14.1. The van der Waals surface area contributed by atoms with Crippen LogP contribution in [0.15, 0.2) is 98.6 Å². The first kappa shape index (κ1) is 28.0. The van der Waals surface area contributed by atoms with Crippen molar-refractivity contribution in [2.24, 2.45) is 4.99 Å². The molecule has 0 saturated carbocycles. The zero-order valence-corrected chi connectivity index (χ0v) is 24.5. The molecule has 1 aliphatic heterocycles. The van der Waals surface area contributed by atoms with Crippen LogP contribution in [0.3, 0.4) is 0 Å². The molecule has 0 bridgehead atoms. The molecule has 0 N–H and O–H groups in total. The number of fused-ring (bicyclic) bond motifs is 3. The summed E-state index contributed by atoms with van der Waals surface area (Å²) in [5.74, 6) is 1.55. The first-order chi connectivity index (χ1) is 21.3. The fraction of sp³-hybridized carbons (Fsp3) is 0.176. The van der Waals surface area contributed by atoms with E-state index in [0.717, 1.165) is 34.9 Å². The molecule has 6 nitrogen and oxygen atoms in total. The molecule has 0 saturated heterocycles. The lowest BCUT2D eigenvalue weighted by Crippen LogP contribution is -2.39. The third-order valence-corrected chi connectivity index (χ3v) is 8.99. The van der Waals surface area contributed by atoms with E-state index in [1.807, 2.05) is 36.4 Å². The van der Waals surface area contributed by atoms with Crippen molar-refractivity contribution in [3.8, 4) is 22.8 Å². The van der Waals surface area contributed by atoms with E-state index in [9.17, 15) is 18.0 Å². The van der Waals surface area contributed by atoms with Crippen LogP contribution in [0.2, 0.25) is 0 Å². The summed E-state index contributed by atoms with van der Waals surface area (Å²) >= 11 is 1.20. The van der Waals surface area contributed by atoms with Crippen molar-refractivity contribution in [3.05, 3.63) is 132 Å². The number of thiazole rings is 1. The fourth-order valence-corrected chi connectivity index (χ4v) is 6.98. The van der Waals surface area contributed by atoms with Gasteiger partial charge in [-0.2, -0.15) is 13.2 Å². The molecule has 1 atom stereocenters. The van der Waals surface area contributed by atoms with Crippen molar-refractivity contribution >= 4 is 23.1 Å². The van der Waals surface area contributed by atoms with Crippen LogP contribution in [0.4, 0.5) is 13.2 Å². The summed E-state index contributed by atoms with van der Waals surface area (Å²) in [7, 11) is 3.18. The Morgan fingerprint density at radius 1 is 0.955 bits per heavy atom. The molecule has 222 valence electrons. The summed E-state index contributed by atoms with van der Waals surface area (Å²) in [5.41, 5.74) is 3.66. The molecule has 10 heteroatoms. The number of methoxy groups -OCH3 is 2. The SMILES string of the molecule is COc1ccc(OC)c(C2C3=C(N=c4sc(=Cc5ccc(-c6ccccc6C(F)(F)F)o5)c(=O)n42)c2ccccc2CC3)c1. The number of aryl methyl sites for hydroxylation is 1. The van der Waals surface area contributed by atoms with E-state index in [2.05, 4.69) is 6.07 Å². The maximum absolute atomic E-state index is 14.1. The molecule has 0 radical (unpaired) electrons. The molecule has 5 aromatic rings. The van der Waals surface area contributed by atoms with Crippen LogP contribution < -0.4 is 24.4 Å². The number of nitrogens with zero attached hydrogens (tertiary/aromatic N) is 2. The van der Waals surface area contributed by atoms with E-state index in [1.54, 1.807) is 30.9 Å². The first-order valence-electron chi connectivity index (χ1n) is 13.9. The molecule has 1 aliphatic carbocycles. The van der Waals surface area contributed by atoms with Gasteiger partial charge in [0, 0.05) is 22.8 Å². The Balaban J connectivity index is 1.42. The number of ether oxygens (including phenoxy) is 2. The topological polar surface area (TPSA) is 66.0 Å². The quantitative estimate of drug-likeness (QED) is 0.223. The summed E-state index contributed by atoms with van der Waals surface area (Å²) in [5, 5.41) is 0. The van der Waals surface area contributed by atoms with Crippen molar-refractivity contribution in [2.75, 3.05) is 14.2 Å². The highest BCUT2D eigenvalue weighted by molar-refractivity contribution is 7.07. The van der Waals surface area contributed by atoms with Gasteiger partial charge in [0.2, 0.25) is 0 Å². The molecular weight excluding hydrogens is 589 g/mol. The van der Waals surface area contributed by atoms with Gasteiger partial charge in [-0.25, -0.2) is 4.99 Å². The second-order valence-corrected chi connectivity index (χ2v) is 11.5. The first-order valence-corrected chi connectivity index (χ1v) is 14.7. The minimum Gasteiger partial charge on any atom is -0.497 e. The zero-order valence-electron chi connectivity index (χ0n) is 23.6. The minimum absolute atomic E-state index is 0.0583. The van der Waals surface area contributed by atoms with Crippen LogP contribution in [0.1, 0.15) is 40.5 Å². The van der Waals surface area contributed by atoms with E-state index in [0.29, 0.717) is 27.3 Å². The number of benzene rings is 3. The van der Waals surface area contributed by atoms with Crippen LogP contribution >= 0.6 is 11.3 Å². The maximum Gasteiger partial charge on any atom is 0.417 e. The van der Waals surface area contributed by atoms with Crippen LogP contribution in [0, 0.1) is 0 Å². The number of alkyl halides is 3. The standard InChI is InChI=1S/C34H25F3N2O4S/c1-41-20-12-15-27(42-2)25(17-20)31-24-14-11-19-7-3-4-8-22(19)30(24)38-33-39(31)32(40)29(44-33)18-21-13-16-28(43-21)23-9-5-6-10-26(23)34(35,36)37/h3-10,12-13,15-18,31H,11,14H2,1-2H3. The molecule has 0 amide bonds. The van der Waals surface area contributed by atoms with Gasteiger partial charge in [0.1, 0.15) is 23.0 Å². The van der Waals surface area contributed by atoms with Crippen LogP contribution in [0.5, 0.6) is 11.5 Å². The molecule has 2 aromatic heterocycles. The summed E-state index contributed by atoms with van der Waals surface area (Å²) in [6.45, 7) is 0. The zero-order chi connectivity index (χ0) is 30.6. The summed E-state index contributed by atoms with van der Waals surface area (Å²) in [6, 6.07) is 21.4. The lowest BCUT2D eigenvalue weighted by Gasteiger charge is -2.31. The highest BCUT2D eigenvalue weighted by Crippen LogP contribution is 2.44. The van der Waals surface area contributed by atoms with Gasteiger partial charge in [0.15, 0.2) is 4.80 Å². The highest BCUT2D eigenvalue weighted by Gasteiger charge is 2.35. The molecular formula is C34H25F3N2O4S. The number of aromatic nitrogens is 1. The Labute approximate surface area is 253 Å². The Morgan fingerprint density at radius 3 is 2.50 bits per heavy atom. The predicted octanol–water partition coefficient (Wildman–Crippen LogP) is 6.61. The van der Waals surface area contributed by atoms with Crippen molar-refractivity contribution in [2.45, 2.75) is 25.1 Å². The van der Waals surface area contributed by atoms with E-state index >= 15 is 0 Å². The van der Waals surface area contributed by atoms with E-state index in [1.165, 1.54) is 41.2 Å². The average Bonchev–Trinajstić information content (AvgIpc) is 3.63. The second-order valence-electron chi connectivity index (χ2n) is 10.5. The number of allylic oxidation sites excluding steroid dienone is 1. The molecule has 3 heterocycles. The molecule has 44 heavy (non-hydrogen) atoms. The van der Waals surface area contributed by atoms with Gasteiger partial charge in [-0.05, 0) is 60.4 Å². The van der Waals surface area contributed by atoms with Gasteiger partial charge < -0.3 is 13.9 Å². The van der Waals surface area contributed by atoms with Crippen LogP contribution in [-0.2, 0) is 12.6 Å². The van der Waals surface area contributed by atoms with Gasteiger partial charge in [0.05, 0.1) is 36.1 Å². The normalized spacial score (nSPS) is 16.2. The van der Waals surface area contributed by atoms with Gasteiger partial charge in [-0.1, -0.05) is 53.8 Å². The predicted molar refractivity (Wildman–Crippen MR) is 161 cm³/mol. The number of hydrogen-bond acceptors (Lipinski definition) is 6. The fourth-order valence-electron chi connectivity index (χ4n) is 6.00. The minimum atomic E-state index is -4.54. The number of furan rings is 1. The van der Waals surface area contributed by atoms with Gasteiger partial charge >= 0.3 is 6.18 Å². The third kappa shape index (κ3) is 4.66. The van der Waals surface area contributed by atoms with Gasteiger partial charge in [-0.3, -0.25) is 9.36 Å². The number of hydrogen-bond donors (Lipinski definition) is 0. The Kier molecular flexibility index (Phi) is 6.81. The summed E-state index contributed by atoms with van der Waals surface area (Å²) < 4.78 is 60.1. The lowest BCUT2D eigenvalue weighted by atomic mass is 9.83. The Morgan fingerprint density at radius 2 is 1.73 bits per heavy atom. The van der Waals surface area contributed by atoms with Crippen molar-refractivity contribution in [1.82, 2.24) is 4.57 Å². The number of halogens is 3. The molecule has 2 aliphatic rings. The highest BCUT2D eigenvalue weighted by atomic mass is 32.1. The molecule has 0 spiro atoms. The average molecular weight is 615 g/mol. The lowest BCUT2D eigenvalue weighted by molar-refractivity contribution is -0.137. The molecule has 0 fully saturated rings. The third-order valence-electron chi connectivity index (χ3n) is 8.00. The Bertz CT molecular complexity index is 2140. The van der Waals surface area contributed by atoms with Crippen molar-refractivity contribution < 1.29 is 27.1 Å². The monoisotopic (exact) mass is 614 g/mol. The van der Waals surface area contributed by atoms with Gasteiger partial charge in [0.25, 0.3) is 5.56 Å². The van der Waals surface area contributed by atoms with E-state index in [-0.39, 0.29) is 22.6 Å². The smallest absolute Gasteiger partial charge is 0.417 e. The second kappa shape index (κ2) is 10.7. The van der Waals surface area contributed by atoms with Crippen molar-refractivity contribution in [1.29, 1.82) is 0 Å². The largest absolute Gasteiger partial charge is 0.497 e. The van der Waals surface area contributed by atoms with E-state index < -0.39 is 17.8 Å². The number of rotatable bonds is 5.